The lowest BCUT2D eigenvalue weighted by molar-refractivity contribution is -0.145. The number of nitrogens with one attached hydrogen (secondary N) is 1. The van der Waals surface area contributed by atoms with Crippen molar-refractivity contribution >= 4 is 29.4 Å². The molecule has 0 saturated carbocycles. The molecule has 6 heteroatoms. The molecule has 0 fully saturated rings. The number of thiophene rings is 1. The summed E-state index contributed by atoms with van der Waals surface area (Å²) in [6.07, 6.45) is 1.02. The third-order valence-electron chi connectivity index (χ3n) is 1.83. The topological polar surface area (TPSA) is 88.5 Å². The van der Waals surface area contributed by atoms with Gasteiger partial charge in [0, 0.05) is 22.4 Å². The minimum Gasteiger partial charge on any atom is -0.456 e. The van der Waals surface area contributed by atoms with E-state index < -0.39 is 11.6 Å². The second kappa shape index (κ2) is 5.88. The van der Waals surface area contributed by atoms with Crippen LogP contribution in [0, 0.1) is 5.41 Å². The molecule has 0 aliphatic carbocycles. The Bertz CT molecular complexity index is 472. The SMILES string of the molecule is CC(C)(C)OC(=O)C=NC(=N)c1csc(CN)c1. The van der Waals surface area contributed by atoms with Crippen LogP contribution in [-0.4, -0.2) is 23.6 Å². The third kappa shape index (κ3) is 4.77. The van der Waals surface area contributed by atoms with Crippen molar-refractivity contribution in [3.8, 4) is 0 Å². The zero-order chi connectivity index (χ0) is 13.8. The quantitative estimate of drug-likeness (QED) is 0.498. The number of carbonyl (C=O) groups is 1. The number of carbonyl (C=O) groups excluding carboxylic acids is 1. The van der Waals surface area contributed by atoms with E-state index in [0.29, 0.717) is 12.1 Å². The van der Waals surface area contributed by atoms with E-state index in [0.717, 1.165) is 11.1 Å². The van der Waals surface area contributed by atoms with Gasteiger partial charge in [-0.15, -0.1) is 11.3 Å². The number of esters is 1. The largest absolute Gasteiger partial charge is 0.456 e. The van der Waals surface area contributed by atoms with Crippen LogP contribution in [0.4, 0.5) is 0 Å². The van der Waals surface area contributed by atoms with E-state index in [4.69, 9.17) is 15.9 Å². The van der Waals surface area contributed by atoms with Gasteiger partial charge in [-0.05, 0) is 26.8 Å². The van der Waals surface area contributed by atoms with Crippen molar-refractivity contribution in [1.82, 2.24) is 0 Å². The number of nitrogens with zero attached hydrogens (tertiary/aromatic N) is 1. The summed E-state index contributed by atoms with van der Waals surface area (Å²) in [4.78, 5) is 16.1. The van der Waals surface area contributed by atoms with Crippen LogP contribution in [-0.2, 0) is 16.1 Å². The van der Waals surface area contributed by atoms with Crippen LogP contribution < -0.4 is 5.73 Å². The number of rotatable bonds is 3. The molecule has 1 aromatic rings. The second-order valence-electron chi connectivity index (χ2n) is 4.65. The average molecular weight is 267 g/mol. The molecule has 0 amide bonds. The van der Waals surface area contributed by atoms with Gasteiger partial charge in [-0.2, -0.15) is 0 Å². The van der Waals surface area contributed by atoms with Gasteiger partial charge in [-0.25, -0.2) is 9.79 Å². The Kier molecular flexibility index (Phi) is 4.75. The van der Waals surface area contributed by atoms with Gasteiger partial charge in [0.15, 0.2) is 5.84 Å². The van der Waals surface area contributed by atoms with Crippen molar-refractivity contribution in [3.05, 3.63) is 21.9 Å². The van der Waals surface area contributed by atoms with Crippen LogP contribution in [0.25, 0.3) is 0 Å². The smallest absolute Gasteiger partial charge is 0.349 e. The monoisotopic (exact) mass is 267 g/mol. The number of hydrogen-bond donors (Lipinski definition) is 2. The van der Waals surface area contributed by atoms with Crippen LogP contribution in [0.2, 0.25) is 0 Å². The number of hydrogen-bond acceptors (Lipinski definition) is 5. The summed E-state index contributed by atoms with van der Waals surface area (Å²) >= 11 is 1.47. The minimum atomic E-state index is -0.555. The Morgan fingerprint density at radius 3 is 2.78 bits per heavy atom. The highest BCUT2D eigenvalue weighted by Crippen LogP contribution is 2.14. The van der Waals surface area contributed by atoms with Crippen molar-refractivity contribution in [3.63, 3.8) is 0 Å². The van der Waals surface area contributed by atoms with Gasteiger partial charge in [0.25, 0.3) is 0 Å². The molecule has 0 saturated heterocycles. The highest BCUT2D eigenvalue weighted by molar-refractivity contribution is 7.10. The Hall–Kier alpha value is -1.53. The van der Waals surface area contributed by atoms with Gasteiger partial charge in [-0.3, -0.25) is 5.41 Å². The summed E-state index contributed by atoms with van der Waals surface area (Å²) in [7, 11) is 0. The molecule has 0 aromatic carbocycles. The zero-order valence-electron chi connectivity index (χ0n) is 10.7. The fourth-order valence-electron chi connectivity index (χ4n) is 1.13. The van der Waals surface area contributed by atoms with Gasteiger partial charge in [0.05, 0.1) is 0 Å². The molecule has 0 aliphatic rings. The van der Waals surface area contributed by atoms with E-state index >= 15 is 0 Å². The van der Waals surface area contributed by atoms with Gasteiger partial charge < -0.3 is 10.5 Å². The van der Waals surface area contributed by atoms with Crippen molar-refractivity contribution in [2.45, 2.75) is 32.9 Å². The fraction of sp³-hybridized carbons (Fsp3) is 0.417. The molecule has 0 spiro atoms. The highest BCUT2D eigenvalue weighted by atomic mass is 32.1. The maximum Gasteiger partial charge on any atom is 0.349 e. The summed E-state index contributed by atoms with van der Waals surface area (Å²) in [5.74, 6) is -0.529. The predicted molar refractivity (Wildman–Crippen MR) is 73.4 cm³/mol. The van der Waals surface area contributed by atoms with Crippen LogP contribution in [0.3, 0.4) is 0 Å². The second-order valence-corrected chi connectivity index (χ2v) is 5.64. The Labute approximate surface area is 110 Å². The van der Waals surface area contributed by atoms with E-state index in [2.05, 4.69) is 4.99 Å². The zero-order valence-corrected chi connectivity index (χ0v) is 11.5. The van der Waals surface area contributed by atoms with Gasteiger partial charge in [0.2, 0.25) is 0 Å². The van der Waals surface area contributed by atoms with Crippen LogP contribution >= 0.6 is 11.3 Å². The van der Waals surface area contributed by atoms with Crippen molar-refractivity contribution < 1.29 is 9.53 Å². The van der Waals surface area contributed by atoms with E-state index in [1.54, 1.807) is 32.2 Å². The molecule has 5 nitrogen and oxygen atoms in total. The summed E-state index contributed by atoms with van der Waals surface area (Å²) in [6, 6.07) is 1.79. The molecule has 1 rings (SSSR count). The van der Waals surface area contributed by atoms with Gasteiger partial charge >= 0.3 is 5.97 Å². The molecule has 0 bridgehead atoms. The standard InChI is InChI=1S/C12H17N3O2S/c1-12(2,3)17-10(16)6-15-11(14)8-4-9(5-13)18-7-8/h4,6-7,14H,5,13H2,1-3H3. The minimum absolute atomic E-state index is 0.0248. The lowest BCUT2D eigenvalue weighted by atomic mass is 10.2. The van der Waals surface area contributed by atoms with Crippen molar-refractivity contribution in [2.24, 2.45) is 10.7 Å². The van der Waals surface area contributed by atoms with E-state index in [9.17, 15) is 4.79 Å². The number of ether oxygens (including phenoxy) is 1. The Balaban J connectivity index is 2.62. The molecule has 0 atom stereocenters. The number of nitrogens with two attached hydrogens (primary N) is 1. The molecule has 1 heterocycles. The summed E-state index contributed by atoms with van der Waals surface area (Å²) in [5, 5.41) is 9.49. The van der Waals surface area contributed by atoms with E-state index in [1.807, 2.05) is 0 Å². The lowest BCUT2D eigenvalue weighted by Gasteiger charge is -2.17. The molecule has 3 N–H and O–H groups in total. The molecule has 1 aromatic heterocycles. The first-order valence-corrected chi connectivity index (χ1v) is 6.33. The highest BCUT2D eigenvalue weighted by Gasteiger charge is 2.14. The van der Waals surface area contributed by atoms with Gasteiger partial charge in [-0.1, -0.05) is 0 Å². The molecule has 98 valence electrons. The number of amidine groups is 1. The molecule has 18 heavy (non-hydrogen) atoms. The first kappa shape index (κ1) is 14.5. The van der Waals surface area contributed by atoms with Crippen LogP contribution in [0.1, 0.15) is 31.2 Å². The summed E-state index contributed by atoms with van der Waals surface area (Å²) in [5.41, 5.74) is 5.58. The Morgan fingerprint density at radius 2 is 2.28 bits per heavy atom. The van der Waals surface area contributed by atoms with Crippen LogP contribution in [0.5, 0.6) is 0 Å². The average Bonchev–Trinajstić information content (AvgIpc) is 2.72. The van der Waals surface area contributed by atoms with E-state index in [1.165, 1.54) is 11.3 Å². The predicted octanol–water partition coefficient (Wildman–Crippen LogP) is 1.94. The maximum atomic E-state index is 11.4. The molecule has 0 aliphatic heterocycles. The van der Waals surface area contributed by atoms with E-state index in [-0.39, 0.29) is 5.84 Å². The molecular weight excluding hydrogens is 250 g/mol. The van der Waals surface area contributed by atoms with Crippen molar-refractivity contribution in [2.75, 3.05) is 0 Å². The Morgan fingerprint density at radius 1 is 1.61 bits per heavy atom. The maximum absolute atomic E-state index is 11.4. The molecule has 0 unspecified atom stereocenters. The molecular formula is C12H17N3O2S. The van der Waals surface area contributed by atoms with Gasteiger partial charge in [0.1, 0.15) is 11.8 Å². The third-order valence-corrected chi connectivity index (χ3v) is 2.79. The summed E-state index contributed by atoms with van der Waals surface area (Å²) < 4.78 is 5.05. The first-order valence-electron chi connectivity index (χ1n) is 5.45. The summed E-state index contributed by atoms with van der Waals surface area (Å²) in [6.45, 7) is 5.76. The fourth-order valence-corrected chi connectivity index (χ4v) is 1.88. The van der Waals surface area contributed by atoms with Crippen LogP contribution in [0.15, 0.2) is 16.4 Å². The first-order chi connectivity index (χ1) is 8.31. The van der Waals surface area contributed by atoms with Crippen molar-refractivity contribution in [1.29, 1.82) is 5.41 Å². The number of aliphatic imine (C=N–C) groups is 1. The lowest BCUT2D eigenvalue weighted by Crippen LogP contribution is -2.24. The molecule has 0 radical (unpaired) electrons. The normalized spacial score (nSPS) is 11.8.